The number of likely N-dealkylation sites (N-methyl/N-ethyl adjacent to an activating group) is 1. The predicted octanol–water partition coefficient (Wildman–Crippen LogP) is 0.120. The van der Waals surface area contributed by atoms with Crippen LogP contribution in [0.2, 0.25) is 0 Å². The number of nitrogens with zero attached hydrogens (tertiary/aromatic N) is 1. The van der Waals surface area contributed by atoms with Crippen molar-refractivity contribution in [2.24, 2.45) is 0 Å². The summed E-state index contributed by atoms with van der Waals surface area (Å²) in [6.07, 6.45) is -0.695. The molecule has 0 amide bonds. The number of aliphatic hydroxyl groups excluding tert-OH is 1. The summed E-state index contributed by atoms with van der Waals surface area (Å²) < 4.78 is 0. The molecule has 61 valence electrons. The fourth-order valence-electron chi connectivity index (χ4n) is 0.833. The van der Waals surface area contributed by atoms with Crippen molar-refractivity contribution in [1.29, 1.82) is 0 Å². The molecular formula is C7H16NO2. The molecule has 3 nitrogen and oxygen atoms in total. The van der Waals surface area contributed by atoms with E-state index in [0.717, 1.165) is 13.1 Å². The van der Waals surface area contributed by atoms with Crippen LogP contribution in [0, 0.1) is 0 Å². The van der Waals surface area contributed by atoms with Crippen molar-refractivity contribution in [2.45, 2.75) is 20.0 Å². The summed E-state index contributed by atoms with van der Waals surface area (Å²) in [5.74, 6) is 0. The zero-order valence-electron chi connectivity index (χ0n) is 6.71. The molecule has 0 fully saturated rings. The first-order valence-corrected chi connectivity index (χ1v) is 3.73. The minimum absolute atomic E-state index is 0.392. The van der Waals surface area contributed by atoms with Gasteiger partial charge in [0.25, 0.3) is 0 Å². The van der Waals surface area contributed by atoms with Gasteiger partial charge in [-0.2, -0.15) is 0 Å². The third-order valence-electron chi connectivity index (χ3n) is 1.56. The smallest absolute Gasteiger partial charge is 0.109 e. The Bertz CT molecular complexity index is 74.0. The van der Waals surface area contributed by atoms with Gasteiger partial charge in [0, 0.05) is 6.54 Å². The Balaban J connectivity index is 3.41. The van der Waals surface area contributed by atoms with Crippen LogP contribution in [0.4, 0.5) is 0 Å². The van der Waals surface area contributed by atoms with Crippen LogP contribution < -0.4 is 0 Å². The van der Waals surface area contributed by atoms with Crippen LogP contribution in [-0.2, 0) is 5.11 Å². The Morgan fingerprint density at radius 1 is 1.40 bits per heavy atom. The fourth-order valence-corrected chi connectivity index (χ4v) is 0.833. The lowest BCUT2D eigenvalue weighted by molar-refractivity contribution is 0.0319. The fraction of sp³-hybridized carbons (Fsp3) is 1.00. The Morgan fingerprint density at radius 3 is 2.20 bits per heavy atom. The second kappa shape index (κ2) is 5.65. The van der Waals surface area contributed by atoms with Crippen LogP contribution in [0.1, 0.15) is 13.8 Å². The normalized spacial score (nSPS) is 14.1. The van der Waals surface area contributed by atoms with E-state index in [2.05, 4.69) is 0 Å². The summed E-state index contributed by atoms with van der Waals surface area (Å²) in [4.78, 5) is 2.03. The van der Waals surface area contributed by atoms with Gasteiger partial charge in [-0.1, -0.05) is 13.8 Å². The maximum Gasteiger partial charge on any atom is 0.109 e. The average molecular weight is 146 g/mol. The molecule has 0 saturated carbocycles. The average Bonchev–Trinajstić information content (AvgIpc) is 1.99. The lowest BCUT2D eigenvalue weighted by Crippen LogP contribution is -2.33. The van der Waals surface area contributed by atoms with Gasteiger partial charge in [-0.25, -0.2) is 5.11 Å². The van der Waals surface area contributed by atoms with E-state index < -0.39 is 12.7 Å². The standard InChI is InChI=1S/C7H16NO2/c1-3-8(4-2)5-7(10)6-9/h7,10H,3-6H2,1-2H3/t7-/m0/s1. The lowest BCUT2D eigenvalue weighted by atomic mass is 10.3. The molecular weight excluding hydrogens is 130 g/mol. The maximum absolute atomic E-state index is 10.1. The van der Waals surface area contributed by atoms with E-state index in [1.807, 2.05) is 18.7 Å². The van der Waals surface area contributed by atoms with Crippen LogP contribution >= 0.6 is 0 Å². The van der Waals surface area contributed by atoms with E-state index in [0.29, 0.717) is 6.54 Å². The molecule has 0 saturated heterocycles. The second-order valence-corrected chi connectivity index (χ2v) is 2.31. The summed E-state index contributed by atoms with van der Waals surface area (Å²) in [6.45, 7) is 5.94. The molecule has 10 heavy (non-hydrogen) atoms. The van der Waals surface area contributed by atoms with Gasteiger partial charge in [0.15, 0.2) is 0 Å². The molecule has 0 aliphatic heterocycles. The molecule has 0 bridgehead atoms. The Labute approximate surface area is 62.3 Å². The summed E-state index contributed by atoms with van der Waals surface area (Å²) in [6, 6.07) is 0. The lowest BCUT2D eigenvalue weighted by Gasteiger charge is -2.19. The first-order chi connectivity index (χ1) is 4.74. The largest absolute Gasteiger partial charge is 0.389 e. The van der Waals surface area contributed by atoms with E-state index in [4.69, 9.17) is 5.11 Å². The van der Waals surface area contributed by atoms with Gasteiger partial charge >= 0.3 is 0 Å². The third-order valence-corrected chi connectivity index (χ3v) is 1.56. The van der Waals surface area contributed by atoms with E-state index in [1.165, 1.54) is 0 Å². The number of aliphatic hydroxyl groups is 1. The van der Waals surface area contributed by atoms with Gasteiger partial charge in [0.1, 0.15) is 6.61 Å². The molecule has 1 N–H and O–H groups in total. The second-order valence-electron chi connectivity index (χ2n) is 2.31. The highest BCUT2D eigenvalue weighted by molar-refractivity contribution is 4.59. The quantitative estimate of drug-likeness (QED) is 0.598. The van der Waals surface area contributed by atoms with Gasteiger partial charge in [0.05, 0.1) is 6.10 Å². The van der Waals surface area contributed by atoms with Crippen LogP contribution in [0.5, 0.6) is 0 Å². The number of rotatable bonds is 5. The van der Waals surface area contributed by atoms with Crippen molar-refractivity contribution in [3.63, 3.8) is 0 Å². The van der Waals surface area contributed by atoms with E-state index >= 15 is 0 Å². The highest BCUT2D eigenvalue weighted by Crippen LogP contribution is 1.90. The van der Waals surface area contributed by atoms with Crippen LogP contribution in [0.15, 0.2) is 0 Å². The molecule has 0 aromatic heterocycles. The van der Waals surface area contributed by atoms with Crippen molar-refractivity contribution in [3.05, 3.63) is 0 Å². The molecule has 0 spiro atoms. The minimum Gasteiger partial charge on any atom is -0.389 e. The van der Waals surface area contributed by atoms with Crippen LogP contribution in [0.3, 0.4) is 0 Å². The molecule has 0 unspecified atom stereocenters. The van der Waals surface area contributed by atoms with E-state index in [9.17, 15) is 5.11 Å². The summed E-state index contributed by atoms with van der Waals surface area (Å²) >= 11 is 0. The molecule has 1 radical (unpaired) electrons. The van der Waals surface area contributed by atoms with Crippen molar-refractivity contribution >= 4 is 0 Å². The number of hydrogen-bond acceptors (Lipinski definition) is 2. The molecule has 1 atom stereocenters. The van der Waals surface area contributed by atoms with Crippen molar-refractivity contribution in [1.82, 2.24) is 4.90 Å². The SMILES string of the molecule is CCN(CC)C[C@H](O)C[O]. The van der Waals surface area contributed by atoms with E-state index in [-0.39, 0.29) is 0 Å². The van der Waals surface area contributed by atoms with Gasteiger partial charge < -0.3 is 10.0 Å². The molecule has 0 aliphatic rings. The first-order valence-electron chi connectivity index (χ1n) is 3.73. The van der Waals surface area contributed by atoms with Gasteiger partial charge in [-0.15, -0.1) is 0 Å². The third kappa shape index (κ3) is 3.82. The van der Waals surface area contributed by atoms with Crippen LogP contribution in [0.25, 0.3) is 0 Å². The topological polar surface area (TPSA) is 43.4 Å². The van der Waals surface area contributed by atoms with Crippen molar-refractivity contribution < 1.29 is 10.2 Å². The Morgan fingerprint density at radius 2 is 1.90 bits per heavy atom. The molecule has 3 heteroatoms. The highest BCUT2D eigenvalue weighted by atomic mass is 16.3. The predicted molar refractivity (Wildman–Crippen MR) is 39.3 cm³/mol. The molecule has 0 aliphatic carbocycles. The molecule has 0 heterocycles. The minimum atomic E-state index is -0.695. The zero-order valence-corrected chi connectivity index (χ0v) is 6.71. The molecule has 0 aromatic rings. The maximum atomic E-state index is 10.1. The molecule has 0 aromatic carbocycles. The van der Waals surface area contributed by atoms with Gasteiger partial charge in [0.2, 0.25) is 0 Å². The highest BCUT2D eigenvalue weighted by Gasteiger charge is 2.06. The monoisotopic (exact) mass is 146 g/mol. The number of hydrogen-bond donors (Lipinski definition) is 1. The van der Waals surface area contributed by atoms with Crippen molar-refractivity contribution in [2.75, 3.05) is 26.2 Å². The summed E-state index contributed by atoms with van der Waals surface area (Å²) in [7, 11) is 0. The first kappa shape index (κ1) is 9.88. The van der Waals surface area contributed by atoms with Gasteiger partial charge in [-0.05, 0) is 13.1 Å². The Hall–Kier alpha value is -0.120. The van der Waals surface area contributed by atoms with Crippen molar-refractivity contribution in [3.8, 4) is 0 Å². The molecule has 0 rings (SSSR count). The van der Waals surface area contributed by atoms with E-state index in [1.54, 1.807) is 0 Å². The Kier molecular flexibility index (Phi) is 5.58. The van der Waals surface area contributed by atoms with Gasteiger partial charge in [-0.3, -0.25) is 0 Å². The zero-order chi connectivity index (χ0) is 7.98. The van der Waals surface area contributed by atoms with Crippen LogP contribution in [-0.4, -0.2) is 42.4 Å². The summed E-state index contributed by atoms with van der Waals surface area (Å²) in [5, 5.41) is 19.1. The summed E-state index contributed by atoms with van der Waals surface area (Å²) in [5.41, 5.74) is 0.